The average molecular weight is 264 g/mol. The van der Waals surface area contributed by atoms with Gasteiger partial charge in [-0.1, -0.05) is 31.9 Å². The minimum atomic E-state index is -0.749. The van der Waals surface area contributed by atoms with Crippen molar-refractivity contribution in [2.75, 3.05) is 11.9 Å². The number of rotatable bonds is 4. The van der Waals surface area contributed by atoms with Crippen molar-refractivity contribution >= 4 is 11.4 Å². The minimum absolute atomic E-state index is 0.0509. The first-order chi connectivity index (χ1) is 9.00. The molecule has 2 rings (SSSR count). The van der Waals surface area contributed by atoms with Gasteiger partial charge < -0.3 is 10.4 Å². The van der Waals surface area contributed by atoms with Crippen molar-refractivity contribution in [2.45, 2.75) is 38.2 Å². The first-order valence-electron chi connectivity index (χ1n) is 6.70. The van der Waals surface area contributed by atoms with Gasteiger partial charge in [0, 0.05) is 12.6 Å². The number of nitrogens with zero attached hydrogens (tertiary/aromatic N) is 1. The highest BCUT2D eigenvalue weighted by molar-refractivity contribution is 5.61. The number of hydrogen-bond acceptors (Lipinski definition) is 4. The van der Waals surface area contributed by atoms with Crippen LogP contribution in [-0.2, 0) is 0 Å². The van der Waals surface area contributed by atoms with Crippen LogP contribution in [0.25, 0.3) is 0 Å². The fourth-order valence-corrected chi connectivity index (χ4v) is 2.83. The highest BCUT2D eigenvalue weighted by atomic mass is 16.6. The maximum atomic E-state index is 10.9. The van der Waals surface area contributed by atoms with Crippen LogP contribution in [0.15, 0.2) is 24.3 Å². The molecule has 0 bridgehead atoms. The quantitative estimate of drug-likeness (QED) is 0.647. The van der Waals surface area contributed by atoms with Crippen LogP contribution in [-0.4, -0.2) is 22.2 Å². The fraction of sp³-hybridized carbons (Fsp3) is 0.571. The third kappa shape index (κ3) is 3.44. The molecular formula is C14H20N2O3. The third-order valence-electron chi connectivity index (χ3n) is 3.78. The molecular weight excluding hydrogens is 244 g/mol. The Morgan fingerprint density at radius 1 is 1.53 bits per heavy atom. The highest BCUT2D eigenvalue weighted by Crippen LogP contribution is 2.33. The lowest BCUT2D eigenvalue weighted by atomic mass is 9.79. The molecule has 5 nitrogen and oxygen atoms in total. The Morgan fingerprint density at radius 2 is 2.26 bits per heavy atom. The maximum absolute atomic E-state index is 10.9. The SMILES string of the molecule is CC1CCCC(O)(CNc2ccccc2[N+](=O)[O-])C1. The predicted molar refractivity (Wildman–Crippen MR) is 74.2 cm³/mol. The number of nitro benzene ring substituents is 1. The summed E-state index contributed by atoms with van der Waals surface area (Å²) in [4.78, 5) is 10.5. The second kappa shape index (κ2) is 5.57. The van der Waals surface area contributed by atoms with E-state index in [-0.39, 0.29) is 5.69 Å². The van der Waals surface area contributed by atoms with Crippen LogP contribution in [0.5, 0.6) is 0 Å². The monoisotopic (exact) mass is 264 g/mol. The molecule has 0 aromatic heterocycles. The summed E-state index contributed by atoms with van der Waals surface area (Å²) < 4.78 is 0. The number of benzene rings is 1. The van der Waals surface area contributed by atoms with E-state index in [0.717, 1.165) is 25.7 Å². The lowest BCUT2D eigenvalue weighted by molar-refractivity contribution is -0.384. The van der Waals surface area contributed by atoms with E-state index in [0.29, 0.717) is 18.2 Å². The summed E-state index contributed by atoms with van der Waals surface area (Å²) in [6.07, 6.45) is 3.66. The van der Waals surface area contributed by atoms with Gasteiger partial charge in [-0.25, -0.2) is 0 Å². The van der Waals surface area contributed by atoms with Gasteiger partial charge in [-0.2, -0.15) is 0 Å². The Bertz CT molecular complexity index is 464. The zero-order valence-electron chi connectivity index (χ0n) is 11.1. The van der Waals surface area contributed by atoms with Gasteiger partial charge >= 0.3 is 0 Å². The van der Waals surface area contributed by atoms with E-state index in [1.54, 1.807) is 18.2 Å². The van der Waals surface area contributed by atoms with E-state index in [4.69, 9.17) is 0 Å². The second-order valence-electron chi connectivity index (χ2n) is 5.55. The molecule has 2 atom stereocenters. The number of aliphatic hydroxyl groups is 1. The summed E-state index contributed by atoms with van der Waals surface area (Å²) in [6, 6.07) is 6.53. The topological polar surface area (TPSA) is 75.4 Å². The van der Waals surface area contributed by atoms with Gasteiger partial charge in [-0.15, -0.1) is 0 Å². The summed E-state index contributed by atoms with van der Waals surface area (Å²) in [6.45, 7) is 2.50. The van der Waals surface area contributed by atoms with E-state index in [9.17, 15) is 15.2 Å². The first-order valence-corrected chi connectivity index (χ1v) is 6.70. The number of anilines is 1. The molecule has 1 aliphatic carbocycles. The molecule has 0 spiro atoms. The van der Waals surface area contributed by atoms with Gasteiger partial charge in [0.05, 0.1) is 10.5 Å². The van der Waals surface area contributed by atoms with Crippen LogP contribution in [0.3, 0.4) is 0 Å². The van der Waals surface area contributed by atoms with Crippen LogP contribution in [0.2, 0.25) is 0 Å². The molecule has 5 heteroatoms. The lowest BCUT2D eigenvalue weighted by Gasteiger charge is -2.35. The molecule has 0 saturated heterocycles. The molecule has 0 heterocycles. The van der Waals surface area contributed by atoms with Crippen LogP contribution < -0.4 is 5.32 Å². The average Bonchev–Trinajstić information content (AvgIpc) is 2.36. The Morgan fingerprint density at radius 3 is 2.95 bits per heavy atom. The summed E-state index contributed by atoms with van der Waals surface area (Å²) in [5.41, 5.74) is -0.226. The summed E-state index contributed by atoms with van der Waals surface area (Å²) in [7, 11) is 0. The number of hydrogen-bond donors (Lipinski definition) is 2. The zero-order chi connectivity index (χ0) is 13.9. The molecule has 1 aliphatic rings. The number of nitrogens with one attached hydrogen (secondary N) is 1. The molecule has 1 aromatic carbocycles. The van der Waals surface area contributed by atoms with Crippen molar-refractivity contribution in [1.82, 2.24) is 0 Å². The van der Waals surface area contributed by atoms with Crippen molar-refractivity contribution in [3.05, 3.63) is 34.4 Å². The first kappa shape index (κ1) is 13.8. The van der Waals surface area contributed by atoms with Gasteiger partial charge in [0.1, 0.15) is 5.69 Å². The summed E-state index contributed by atoms with van der Waals surface area (Å²) in [5.74, 6) is 0.506. The van der Waals surface area contributed by atoms with Crippen molar-refractivity contribution in [3.63, 3.8) is 0 Å². The second-order valence-corrected chi connectivity index (χ2v) is 5.55. The van der Waals surface area contributed by atoms with Gasteiger partial charge in [0.2, 0.25) is 0 Å². The van der Waals surface area contributed by atoms with E-state index in [2.05, 4.69) is 12.2 Å². The Hall–Kier alpha value is -1.62. The minimum Gasteiger partial charge on any atom is -0.388 e. The Kier molecular flexibility index (Phi) is 4.04. The van der Waals surface area contributed by atoms with E-state index >= 15 is 0 Å². The normalized spacial score (nSPS) is 26.9. The maximum Gasteiger partial charge on any atom is 0.292 e. The molecule has 1 saturated carbocycles. The number of para-hydroxylation sites is 2. The Balaban J connectivity index is 2.04. The smallest absolute Gasteiger partial charge is 0.292 e. The largest absolute Gasteiger partial charge is 0.388 e. The van der Waals surface area contributed by atoms with Gasteiger partial charge in [0.25, 0.3) is 5.69 Å². The van der Waals surface area contributed by atoms with Gasteiger partial charge in [0.15, 0.2) is 0 Å². The Labute approximate surface area is 112 Å². The third-order valence-corrected chi connectivity index (χ3v) is 3.78. The zero-order valence-corrected chi connectivity index (χ0v) is 11.1. The molecule has 0 radical (unpaired) electrons. The van der Waals surface area contributed by atoms with Crippen LogP contribution >= 0.6 is 0 Å². The van der Waals surface area contributed by atoms with Crippen LogP contribution in [0, 0.1) is 16.0 Å². The molecule has 19 heavy (non-hydrogen) atoms. The van der Waals surface area contributed by atoms with Crippen molar-refractivity contribution in [3.8, 4) is 0 Å². The summed E-state index contributed by atoms with van der Waals surface area (Å²) in [5, 5.41) is 24.4. The lowest BCUT2D eigenvalue weighted by Crippen LogP contribution is -2.41. The fourth-order valence-electron chi connectivity index (χ4n) is 2.83. The molecule has 2 N–H and O–H groups in total. The number of nitro groups is 1. The van der Waals surface area contributed by atoms with Gasteiger partial charge in [-0.3, -0.25) is 10.1 Å². The van der Waals surface area contributed by atoms with E-state index in [1.165, 1.54) is 6.07 Å². The van der Waals surface area contributed by atoms with Crippen molar-refractivity contribution < 1.29 is 10.0 Å². The van der Waals surface area contributed by atoms with Crippen molar-refractivity contribution in [1.29, 1.82) is 0 Å². The predicted octanol–water partition coefficient (Wildman–Crippen LogP) is 2.95. The highest BCUT2D eigenvalue weighted by Gasteiger charge is 2.32. The summed E-state index contributed by atoms with van der Waals surface area (Å²) >= 11 is 0. The van der Waals surface area contributed by atoms with E-state index in [1.807, 2.05) is 0 Å². The molecule has 1 fully saturated rings. The van der Waals surface area contributed by atoms with Crippen molar-refractivity contribution in [2.24, 2.45) is 5.92 Å². The molecule has 0 aliphatic heterocycles. The van der Waals surface area contributed by atoms with E-state index < -0.39 is 10.5 Å². The molecule has 2 unspecified atom stereocenters. The molecule has 1 aromatic rings. The molecule has 104 valence electrons. The van der Waals surface area contributed by atoms with Crippen LogP contribution in [0.4, 0.5) is 11.4 Å². The molecule has 0 amide bonds. The standard InChI is InChI=1S/C14H20N2O3/c1-11-5-4-8-14(17,9-11)10-15-12-6-2-3-7-13(12)16(18)19/h2-3,6-7,11,15,17H,4-5,8-10H2,1H3. The van der Waals surface area contributed by atoms with Gasteiger partial charge in [-0.05, 0) is 24.8 Å². The van der Waals surface area contributed by atoms with Crippen LogP contribution in [0.1, 0.15) is 32.6 Å².